The van der Waals surface area contributed by atoms with Crippen LogP contribution in [-0.4, -0.2) is 17.5 Å². The van der Waals surface area contributed by atoms with E-state index >= 15 is 0 Å². The van der Waals surface area contributed by atoms with Crippen LogP contribution in [0.25, 0.3) is 0 Å². The number of rotatable bonds is 6. The van der Waals surface area contributed by atoms with Crippen LogP contribution in [0.4, 0.5) is 5.82 Å². The number of nitrogens with one attached hydrogen (secondary N) is 1. The first-order valence-corrected chi connectivity index (χ1v) is 6.65. The molecule has 1 aromatic heterocycles. The minimum absolute atomic E-state index is 0.0385. The van der Waals surface area contributed by atoms with Crippen LogP contribution in [0, 0.1) is 6.92 Å². The van der Waals surface area contributed by atoms with Gasteiger partial charge in [0.15, 0.2) is 0 Å². The molecule has 0 atom stereocenters. The van der Waals surface area contributed by atoms with Crippen LogP contribution in [0.3, 0.4) is 0 Å². The normalized spacial score (nSPS) is 10.1. The zero-order valence-corrected chi connectivity index (χ0v) is 11.5. The molecule has 0 saturated heterocycles. The number of benzene rings is 1. The average Bonchev–Trinajstić information content (AvgIpc) is 2.47. The highest BCUT2D eigenvalue weighted by Gasteiger charge is 2.05. The lowest BCUT2D eigenvalue weighted by atomic mass is 10.2. The summed E-state index contributed by atoms with van der Waals surface area (Å²) in [6.45, 7) is 2.44. The van der Waals surface area contributed by atoms with Crippen molar-refractivity contribution < 1.29 is 9.53 Å². The summed E-state index contributed by atoms with van der Waals surface area (Å²) >= 11 is 0. The maximum atomic E-state index is 11.8. The molecule has 0 fully saturated rings. The molecule has 2 aromatic rings. The van der Waals surface area contributed by atoms with Gasteiger partial charge in [-0.1, -0.05) is 24.3 Å². The fraction of sp³-hybridized carbons (Fsp3) is 0.250. The molecular formula is C16H18N2O2. The van der Waals surface area contributed by atoms with E-state index in [1.807, 2.05) is 49.4 Å². The standard InChI is InChI=1S/C16H18N2O2/c1-13-7-5-11-17-16(13)18-15(19)10-6-12-20-14-8-3-2-4-9-14/h2-5,7-9,11H,6,10,12H2,1H3,(H,17,18,19). The fourth-order valence-corrected chi connectivity index (χ4v) is 1.75. The summed E-state index contributed by atoms with van der Waals surface area (Å²) in [6.07, 6.45) is 2.76. The van der Waals surface area contributed by atoms with Crippen LogP contribution in [0.2, 0.25) is 0 Å². The van der Waals surface area contributed by atoms with E-state index in [1.54, 1.807) is 6.20 Å². The Morgan fingerprint density at radius 3 is 2.75 bits per heavy atom. The van der Waals surface area contributed by atoms with Crippen molar-refractivity contribution in [2.45, 2.75) is 19.8 Å². The molecule has 2 rings (SSSR count). The molecule has 1 amide bonds. The van der Waals surface area contributed by atoms with Crippen LogP contribution in [0.5, 0.6) is 5.75 Å². The number of aryl methyl sites for hydroxylation is 1. The Labute approximate surface area is 118 Å². The molecule has 1 aromatic carbocycles. The van der Waals surface area contributed by atoms with Crippen LogP contribution in [0.15, 0.2) is 48.7 Å². The Kier molecular flexibility index (Phi) is 5.12. The van der Waals surface area contributed by atoms with Gasteiger partial charge in [-0.2, -0.15) is 0 Å². The fourth-order valence-electron chi connectivity index (χ4n) is 1.75. The summed E-state index contributed by atoms with van der Waals surface area (Å²) in [6, 6.07) is 13.3. The van der Waals surface area contributed by atoms with Crippen LogP contribution < -0.4 is 10.1 Å². The molecule has 20 heavy (non-hydrogen) atoms. The minimum Gasteiger partial charge on any atom is -0.494 e. The third kappa shape index (κ3) is 4.39. The van der Waals surface area contributed by atoms with Crippen molar-refractivity contribution in [2.75, 3.05) is 11.9 Å². The Morgan fingerprint density at radius 1 is 1.20 bits per heavy atom. The number of pyridine rings is 1. The van der Waals surface area contributed by atoms with Gasteiger partial charge >= 0.3 is 0 Å². The predicted octanol–water partition coefficient (Wildman–Crippen LogP) is 3.19. The van der Waals surface area contributed by atoms with Crippen LogP contribution >= 0.6 is 0 Å². The summed E-state index contributed by atoms with van der Waals surface area (Å²) in [5, 5.41) is 2.80. The SMILES string of the molecule is Cc1cccnc1NC(=O)CCCOc1ccccc1. The largest absolute Gasteiger partial charge is 0.494 e. The van der Waals surface area contributed by atoms with E-state index < -0.39 is 0 Å². The highest BCUT2D eigenvalue weighted by atomic mass is 16.5. The van der Waals surface area contributed by atoms with Gasteiger partial charge in [-0.05, 0) is 37.1 Å². The lowest BCUT2D eigenvalue weighted by molar-refractivity contribution is -0.116. The molecule has 0 aliphatic heterocycles. The lowest BCUT2D eigenvalue weighted by Crippen LogP contribution is -2.14. The van der Waals surface area contributed by atoms with E-state index in [0.29, 0.717) is 25.3 Å². The van der Waals surface area contributed by atoms with Crippen molar-refractivity contribution in [3.63, 3.8) is 0 Å². The molecule has 0 aliphatic rings. The zero-order valence-electron chi connectivity index (χ0n) is 11.5. The first-order valence-electron chi connectivity index (χ1n) is 6.65. The molecule has 0 bridgehead atoms. The first-order chi connectivity index (χ1) is 9.75. The lowest BCUT2D eigenvalue weighted by Gasteiger charge is -2.08. The van der Waals surface area contributed by atoms with Crippen LogP contribution in [0.1, 0.15) is 18.4 Å². The van der Waals surface area contributed by atoms with Crippen molar-refractivity contribution in [1.82, 2.24) is 4.98 Å². The van der Waals surface area contributed by atoms with Crippen LogP contribution in [-0.2, 0) is 4.79 Å². The van der Waals surface area contributed by atoms with Gasteiger partial charge in [0.05, 0.1) is 6.61 Å². The molecule has 0 aliphatic carbocycles. The van der Waals surface area contributed by atoms with Crippen molar-refractivity contribution in [3.8, 4) is 5.75 Å². The number of carbonyl (C=O) groups excluding carboxylic acids is 1. The Bertz CT molecular complexity index is 555. The molecule has 0 spiro atoms. The second-order valence-corrected chi connectivity index (χ2v) is 4.48. The Hall–Kier alpha value is -2.36. The van der Waals surface area contributed by atoms with Gasteiger partial charge in [-0.3, -0.25) is 4.79 Å². The van der Waals surface area contributed by atoms with Gasteiger partial charge in [-0.25, -0.2) is 4.98 Å². The summed E-state index contributed by atoms with van der Waals surface area (Å²) < 4.78 is 5.53. The highest BCUT2D eigenvalue weighted by Crippen LogP contribution is 2.11. The number of amides is 1. The summed E-state index contributed by atoms with van der Waals surface area (Å²) in [7, 11) is 0. The van der Waals surface area contributed by atoms with Crippen molar-refractivity contribution in [1.29, 1.82) is 0 Å². The van der Waals surface area contributed by atoms with E-state index in [0.717, 1.165) is 11.3 Å². The van der Waals surface area contributed by atoms with Gasteiger partial charge in [0.2, 0.25) is 5.91 Å². The third-order valence-electron chi connectivity index (χ3n) is 2.83. The minimum atomic E-state index is -0.0385. The number of anilines is 1. The zero-order chi connectivity index (χ0) is 14.2. The second kappa shape index (κ2) is 7.28. The van der Waals surface area contributed by atoms with E-state index in [-0.39, 0.29) is 5.91 Å². The van der Waals surface area contributed by atoms with E-state index in [9.17, 15) is 4.79 Å². The van der Waals surface area contributed by atoms with Gasteiger partial charge in [-0.15, -0.1) is 0 Å². The molecule has 0 unspecified atom stereocenters. The smallest absolute Gasteiger partial charge is 0.225 e. The summed E-state index contributed by atoms with van der Waals surface area (Å²) in [4.78, 5) is 15.9. The second-order valence-electron chi connectivity index (χ2n) is 4.48. The number of carbonyl (C=O) groups is 1. The quantitative estimate of drug-likeness (QED) is 0.820. The molecular weight excluding hydrogens is 252 g/mol. The molecule has 0 saturated carbocycles. The van der Waals surface area contributed by atoms with Gasteiger partial charge < -0.3 is 10.1 Å². The number of hydrogen-bond acceptors (Lipinski definition) is 3. The molecule has 4 heteroatoms. The van der Waals surface area contributed by atoms with Gasteiger partial charge in [0, 0.05) is 12.6 Å². The van der Waals surface area contributed by atoms with Gasteiger partial charge in [0.1, 0.15) is 11.6 Å². The predicted molar refractivity (Wildman–Crippen MR) is 78.8 cm³/mol. The molecule has 1 N–H and O–H groups in total. The molecule has 104 valence electrons. The van der Waals surface area contributed by atoms with Gasteiger partial charge in [0.25, 0.3) is 0 Å². The maximum Gasteiger partial charge on any atom is 0.225 e. The maximum absolute atomic E-state index is 11.8. The molecule has 0 radical (unpaired) electrons. The monoisotopic (exact) mass is 270 g/mol. The number of hydrogen-bond donors (Lipinski definition) is 1. The first kappa shape index (κ1) is 14.1. The van der Waals surface area contributed by atoms with E-state index in [1.165, 1.54) is 0 Å². The van der Waals surface area contributed by atoms with Crippen molar-refractivity contribution in [3.05, 3.63) is 54.2 Å². The highest BCUT2D eigenvalue weighted by molar-refractivity contribution is 5.90. The Balaban J connectivity index is 1.69. The van der Waals surface area contributed by atoms with Crippen molar-refractivity contribution in [2.24, 2.45) is 0 Å². The third-order valence-corrected chi connectivity index (χ3v) is 2.83. The Morgan fingerprint density at radius 2 is 2.00 bits per heavy atom. The molecule has 4 nitrogen and oxygen atoms in total. The number of ether oxygens (including phenoxy) is 1. The summed E-state index contributed by atoms with van der Waals surface area (Å²) in [5.41, 5.74) is 0.960. The average molecular weight is 270 g/mol. The van der Waals surface area contributed by atoms with E-state index in [2.05, 4.69) is 10.3 Å². The molecule has 1 heterocycles. The topological polar surface area (TPSA) is 51.2 Å². The number of nitrogens with zero attached hydrogens (tertiary/aromatic N) is 1. The number of aromatic nitrogens is 1. The number of para-hydroxylation sites is 1. The van der Waals surface area contributed by atoms with E-state index in [4.69, 9.17) is 4.74 Å². The van der Waals surface area contributed by atoms with Crippen molar-refractivity contribution >= 4 is 11.7 Å². The summed E-state index contributed by atoms with van der Waals surface area (Å²) in [5.74, 6) is 1.42.